The minimum absolute atomic E-state index is 0.306. The van der Waals surface area contributed by atoms with Gasteiger partial charge in [-0.3, -0.25) is 10.3 Å². The van der Waals surface area contributed by atoms with Gasteiger partial charge in [0.25, 0.3) is 0 Å². The van der Waals surface area contributed by atoms with Gasteiger partial charge in [-0.25, -0.2) is 0 Å². The number of nitrogens with zero attached hydrogens (tertiary/aromatic N) is 1. The molecule has 0 radical (unpaired) electrons. The van der Waals surface area contributed by atoms with Gasteiger partial charge in [0.1, 0.15) is 0 Å². The lowest BCUT2D eigenvalue weighted by Crippen LogP contribution is -2.50. The van der Waals surface area contributed by atoms with Crippen LogP contribution in [0.5, 0.6) is 0 Å². The average molecular weight is 211 g/mol. The lowest BCUT2D eigenvalue weighted by molar-refractivity contribution is 0.0489. The topological polar surface area (TPSA) is 53.1 Å². The van der Waals surface area contributed by atoms with Crippen LogP contribution < -0.4 is 5.73 Å². The molecule has 0 aromatic carbocycles. The van der Waals surface area contributed by atoms with E-state index < -0.39 is 0 Å². The van der Waals surface area contributed by atoms with Gasteiger partial charge >= 0.3 is 0 Å². The number of nitrogens with two attached hydrogens (primary N) is 1. The summed E-state index contributed by atoms with van der Waals surface area (Å²) in [4.78, 5) is 2.51. The summed E-state index contributed by atoms with van der Waals surface area (Å²) < 4.78 is 0. The van der Waals surface area contributed by atoms with Crippen molar-refractivity contribution in [2.24, 2.45) is 17.6 Å². The van der Waals surface area contributed by atoms with Crippen LogP contribution in [0.3, 0.4) is 0 Å². The first-order valence-electron chi connectivity index (χ1n) is 6.00. The summed E-state index contributed by atoms with van der Waals surface area (Å²) in [5.74, 6) is 1.83. The van der Waals surface area contributed by atoms with Crippen molar-refractivity contribution in [3.05, 3.63) is 0 Å². The molecule has 1 saturated heterocycles. The van der Waals surface area contributed by atoms with Gasteiger partial charge in [-0.15, -0.1) is 0 Å². The number of hydrogen-bond donors (Lipinski definition) is 2. The molecule has 0 aromatic rings. The lowest BCUT2D eigenvalue weighted by Gasteiger charge is -2.44. The maximum absolute atomic E-state index is 7.36. The number of likely N-dealkylation sites (tertiary alicyclic amines) is 1. The Kier molecular flexibility index (Phi) is 4.14. The summed E-state index contributed by atoms with van der Waals surface area (Å²) in [5, 5.41) is 7.36. The first-order chi connectivity index (χ1) is 6.91. The van der Waals surface area contributed by atoms with Gasteiger partial charge in [-0.05, 0) is 32.1 Å². The van der Waals surface area contributed by atoms with Crippen LogP contribution in [0.1, 0.15) is 40.5 Å². The first kappa shape index (κ1) is 12.5. The molecule has 15 heavy (non-hydrogen) atoms. The molecule has 0 spiro atoms. The molecule has 1 heterocycles. The fraction of sp³-hybridized carbons (Fsp3) is 0.917. The molecule has 4 unspecified atom stereocenters. The van der Waals surface area contributed by atoms with Crippen molar-refractivity contribution in [3.63, 3.8) is 0 Å². The van der Waals surface area contributed by atoms with Crippen LogP contribution in [0.2, 0.25) is 0 Å². The third-order valence-electron chi connectivity index (χ3n) is 3.72. The Bertz CT molecular complexity index is 227. The van der Waals surface area contributed by atoms with Crippen LogP contribution in [0, 0.1) is 17.2 Å². The molecular formula is C12H25N3. The highest BCUT2D eigenvalue weighted by atomic mass is 15.2. The third-order valence-corrected chi connectivity index (χ3v) is 3.72. The van der Waals surface area contributed by atoms with Crippen molar-refractivity contribution in [1.82, 2.24) is 4.90 Å². The van der Waals surface area contributed by atoms with Crippen molar-refractivity contribution in [1.29, 1.82) is 5.41 Å². The van der Waals surface area contributed by atoms with E-state index in [4.69, 9.17) is 11.1 Å². The predicted octanol–water partition coefficient (Wildman–Crippen LogP) is 2.07. The smallest absolute Gasteiger partial charge is 0.0920 e. The summed E-state index contributed by atoms with van der Waals surface area (Å²) in [6.07, 6.45) is 2.02. The van der Waals surface area contributed by atoms with Crippen LogP contribution in [-0.2, 0) is 0 Å². The van der Waals surface area contributed by atoms with Crippen LogP contribution in [0.4, 0.5) is 0 Å². The van der Waals surface area contributed by atoms with Gasteiger partial charge in [-0.2, -0.15) is 0 Å². The first-order valence-corrected chi connectivity index (χ1v) is 6.00. The van der Waals surface area contributed by atoms with E-state index in [9.17, 15) is 0 Å². The number of nitrogens with one attached hydrogen (secondary N) is 1. The summed E-state index contributed by atoms with van der Waals surface area (Å²) in [6.45, 7) is 10.3. The van der Waals surface area contributed by atoms with Gasteiger partial charge in [0, 0.05) is 25.0 Å². The summed E-state index contributed by atoms with van der Waals surface area (Å²) in [5.41, 5.74) is 5.47. The molecular weight excluding hydrogens is 186 g/mol. The maximum atomic E-state index is 7.36. The molecule has 3 heteroatoms. The van der Waals surface area contributed by atoms with E-state index in [1.165, 1.54) is 6.42 Å². The normalized spacial score (nSPS) is 35.1. The molecule has 0 saturated carbocycles. The molecule has 4 atom stereocenters. The molecule has 1 aliphatic rings. The minimum atomic E-state index is 0.306. The Morgan fingerprint density at radius 1 is 1.47 bits per heavy atom. The molecule has 3 nitrogen and oxygen atoms in total. The zero-order chi connectivity index (χ0) is 11.6. The average Bonchev–Trinajstić information content (AvgIpc) is 2.09. The van der Waals surface area contributed by atoms with E-state index in [1.54, 1.807) is 0 Å². The molecule has 1 fully saturated rings. The van der Waals surface area contributed by atoms with Crippen LogP contribution in [0.25, 0.3) is 0 Å². The molecule has 0 bridgehead atoms. The highest BCUT2D eigenvalue weighted by molar-refractivity contribution is 5.77. The van der Waals surface area contributed by atoms with E-state index >= 15 is 0 Å². The third kappa shape index (κ3) is 3.20. The fourth-order valence-electron chi connectivity index (χ4n) is 2.78. The SMILES string of the molecule is CC1CC(C)C(C)N(C(C)CC(=N)N)C1. The monoisotopic (exact) mass is 211 g/mol. The largest absolute Gasteiger partial charge is 0.388 e. The molecule has 88 valence electrons. The highest BCUT2D eigenvalue weighted by Gasteiger charge is 2.31. The Labute approximate surface area is 93.5 Å². The van der Waals surface area contributed by atoms with E-state index in [-0.39, 0.29) is 0 Å². The molecule has 1 aliphatic heterocycles. The van der Waals surface area contributed by atoms with E-state index in [2.05, 4.69) is 32.6 Å². The van der Waals surface area contributed by atoms with Gasteiger partial charge in [0.15, 0.2) is 0 Å². The van der Waals surface area contributed by atoms with E-state index in [0.29, 0.717) is 24.3 Å². The van der Waals surface area contributed by atoms with E-state index in [0.717, 1.165) is 18.4 Å². The van der Waals surface area contributed by atoms with Gasteiger partial charge in [0.2, 0.25) is 0 Å². The van der Waals surface area contributed by atoms with E-state index in [1.807, 2.05) is 0 Å². The summed E-state index contributed by atoms with van der Waals surface area (Å²) in [7, 11) is 0. The second-order valence-corrected chi connectivity index (χ2v) is 5.33. The van der Waals surface area contributed by atoms with Crippen LogP contribution in [0.15, 0.2) is 0 Å². The minimum Gasteiger partial charge on any atom is -0.388 e. The number of hydrogen-bond acceptors (Lipinski definition) is 2. The maximum Gasteiger partial charge on any atom is 0.0920 e. The molecule has 1 rings (SSSR count). The summed E-state index contributed by atoms with van der Waals surface area (Å²) >= 11 is 0. The van der Waals surface area contributed by atoms with Crippen molar-refractivity contribution >= 4 is 5.84 Å². The second kappa shape index (κ2) is 4.97. The number of piperidine rings is 1. The van der Waals surface area contributed by atoms with Crippen molar-refractivity contribution < 1.29 is 0 Å². The molecule has 0 aliphatic carbocycles. The fourth-order valence-corrected chi connectivity index (χ4v) is 2.78. The van der Waals surface area contributed by atoms with Gasteiger partial charge in [-0.1, -0.05) is 13.8 Å². The predicted molar refractivity (Wildman–Crippen MR) is 65.1 cm³/mol. The van der Waals surface area contributed by atoms with Crippen LogP contribution >= 0.6 is 0 Å². The molecule has 0 aromatic heterocycles. The number of amidine groups is 1. The van der Waals surface area contributed by atoms with Crippen molar-refractivity contribution in [2.75, 3.05) is 6.54 Å². The van der Waals surface area contributed by atoms with Crippen LogP contribution in [-0.4, -0.2) is 29.4 Å². The highest BCUT2D eigenvalue weighted by Crippen LogP contribution is 2.28. The Morgan fingerprint density at radius 2 is 2.07 bits per heavy atom. The van der Waals surface area contributed by atoms with Gasteiger partial charge < -0.3 is 5.73 Å². The van der Waals surface area contributed by atoms with Crippen molar-refractivity contribution in [3.8, 4) is 0 Å². The van der Waals surface area contributed by atoms with Crippen molar-refractivity contribution in [2.45, 2.75) is 52.6 Å². The quantitative estimate of drug-likeness (QED) is 0.554. The van der Waals surface area contributed by atoms with Gasteiger partial charge in [0.05, 0.1) is 5.84 Å². The molecule has 3 N–H and O–H groups in total. The Balaban J connectivity index is 2.61. The zero-order valence-corrected chi connectivity index (χ0v) is 10.5. The Hall–Kier alpha value is -0.570. The molecule has 0 amide bonds. The summed E-state index contributed by atoms with van der Waals surface area (Å²) in [6, 6.07) is 1.03. The number of rotatable bonds is 3. The zero-order valence-electron chi connectivity index (χ0n) is 10.5. The standard InChI is InChI=1S/C12H25N3/c1-8-5-9(2)11(4)15(7-8)10(3)6-12(13)14/h8-11H,5-7H2,1-4H3,(H3,13,14). The second-order valence-electron chi connectivity index (χ2n) is 5.33. The lowest BCUT2D eigenvalue weighted by atomic mass is 9.85. The Morgan fingerprint density at radius 3 is 2.60 bits per heavy atom.